The van der Waals surface area contributed by atoms with Crippen LogP contribution in [0.25, 0.3) is 0 Å². The van der Waals surface area contributed by atoms with Crippen LogP contribution in [0.4, 0.5) is 5.82 Å². The molecule has 1 aromatic heterocycles. The molecule has 1 rings (SSSR count). The molecule has 4 heteroatoms. The second-order valence-electron chi connectivity index (χ2n) is 2.44. The van der Waals surface area contributed by atoms with E-state index < -0.39 is 0 Å². The highest BCUT2D eigenvalue weighted by Gasteiger charge is 1.91. The molecule has 3 nitrogen and oxygen atoms in total. The summed E-state index contributed by atoms with van der Waals surface area (Å²) in [7, 11) is 0. The molecular weight excluding hydrogens is 182 g/mol. The highest BCUT2D eigenvalue weighted by atomic mass is 32.2. The van der Waals surface area contributed by atoms with Crippen LogP contribution >= 0.6 is 11.8 Å². The summed E-state index contributed by atoms with van der Waals surface area (Å²) in [6.07, 6.45) is 5.76. The SMILES string of the molecule is NCC=CCSc1ccc(N)nc1. The zero-order valence-electron chi connectivity index (χ0n) is 7.31. The van der Waals surface area contributed by atoms with Crippen LogP contribution in [0.3, 0.4) is 0 Å². The van der Waals surface area contributed by atoms with Crippen molar-refractivity contribution in [2.75, 3.05) is 18.0 Å². The molecule has 0 spiro atoms. The van der Waals surface area contributed by atoms with Gasteiger partial charge in [-0.2, -0.15) is 0 Å². The number of hydrogen-bond donors (Lipinski definition) is 2. The summed E-state index contributed by atoms with van der Waals surface area (Å²) in [6, 6.07) is 3.76. The van der Waals surface area contributed by atoms with Gasteiger partial charge in [0.2, 0.25) is 0 Å². The number of rotatable bonds is 4. The van der Waals surface area contributed by atoms with Gasteiger partial charge in [-0.1, -0.05) is 12.2 Å². The molecule has 0 saturated carbocycles. The topological polar surface area (TPSA) is 64.9 Å². The normalized spacial score (nSPS) is 10.8. The third-order valence-corrected chi connectivity index (χ3v) is 2.34. The van der Waals surface area contributed by atoms with Crippen LogP contribution in [0, 0.1) is 0 Å². The number of pyridine rings is 1. The van der Waals surface area contributed by atoms with Crippen molar-refractivity contribution in [1.82, 2.24) is 4.98 Å². The van der Waals surface area contributed by atoms with Gasteiger partial charge in [0.25, 0.3) is 0 Å². The van der Waals surface area contributed by atoms with Gasteiger partial charge in [0.05, 0.1) is 0 Å². The number of aromatic nitrogens is 1. The lowest BCUT2D eigenvalue weighted by Gasteiger charge is -1.97. The minimum absolute atomic E-state index is 0.557. The van der Waals surface area contributed by atoms with E-state index in [0.717, 1.165) is 10.6 Å². The second kappa shape index (κ2) is 5.61. The maximum absolute atomic E-state index is 5.45. The largest absolute Gasteiger partial charge is 0.384 e. The Balaban J connectivity index is 2.37. The van der Waals surface area contributed by atoms with E-state index in [2.05, 4.69) is 4.98 Å². The Hall–Kier alpha value is -1.00. The number of nitrogens with two attached hydrogens (primary N) is 2. The van der Waals surface area contributed by atoms with Crippen LogP contribution in [-0.4, -0.2) is 17.3 Å². The van der Waals surface area contributed by atoms with Gasteiger partial charge in [-0.3, -0.25) is 0 Å². The van der Waals surface area contributed by atoms with Crippen molar-refractivity contribution in [3.05, 3.63) is 30.5 Å². The van der Waals surface area contributed by atoms with E-state index in [1.807, 2.05) is 18.2 Å². The molecule has 0 aromatic carbocycles. The molecule has 1 aromatic rings. The van der Waals surface area contributed by atoms with E-state index in [9.17, 15) is 0 Å². The Bertz CT molecular complexity index is 269. The van der Waals surface area contributed by atoms with Crippen molar-refractivity contribution < 1.29 is 0 Å². The van der Waals surface area contributed by atoms with Gasteiger partial charge in [-0.05, 0) is 12.1 Å². The summed E-state index contributed by atoms with van der Waals surface area (Å²) in [5.74, 6) is 1.48. The Morgan fingerprint density at radius 2 is 2.23 bits per heavy atom. The quantitative estimate of drug-likeness (QED) is 0.561. The van der Waals surface area contributed by atoms with Crippen LogP contribution in [0.15, 0.2) is 35.4 Å². The first-order chi connectivity index (χ1) is 6.33. The monoisotopic (exact) mass is 195 g/mol. The Kier molecular flexibility index (Phi) is 4.35. The predicted octanol–water partition coefficient (Wildman–Crippen LogP) is 1.27. The van der Waals surface area contributed by atoms with E-state index in [0.29, 0.717) is 12.4 Å². The molecule has 0 aliphatic rings. The molecule has 0 fully saturated rings. The first kappa shape index (κ1) is 10.1. The molecule has 1 heterocycles. The van der Waals surface area contributed by atoms with Crippen molar-refractivity contribution in [2.45, 2.75) is 4.90 Å². The number of nitrogen functional groups attached to an aromatic ring is 1. The third-order valence-electron chi connectivity index (χ3n) is 1.41. The number of nitrogens with zero attached hydrogens (tertiary/aromatic N) is 1. The Morgan fingerprint density at radius 1 is 1.38 bits per heavy atom. The maximum atomic E-state index is 5.45. The summed E-state index contributed by atoms with van der Waals surface area (Å²) in [5.41, 5.74) is 10.8. The first-order valence-electron chi connectivity index (χ1n) is 4.02. The minimum Gasteiger partial charge on any atom is -0.384 e. The standard InChI is InChI=1S/C9H13N3S/c10-5-1-2-6-13-8-3-4-9(11)12-7-8/h1-4,7H,5-6,10H2,(H2,11,12). The van der Waals surface area contributed by atoms with Gasteiger partial charge in [-0.15, -0.1) is 11.8 Å². The summed E-state index contributed by atoms with van der Waals surface area (Å²) in [4.78, 5) is 5.11. The van der Waals surface area contributed by atoms with Gasteiger partial charge < -0.3 is 11.5 Å². The molecule has 0 aliphatic carbocycles. The highest BCUT2D eigenvalue weighted by Crippen LogP contribution is 2.16. The average molecular weight is 195 g/mol. The van der Waals surface area contributed by atoms with E-state index in [1.165, 1.54) is 0 Å². The van der Waals surface area contributed by atoms with Crippen molar-refractivity contribution >= 4 is 17.6 Å². The van der Waals surface area contributed by atoms with Gasteiger partial charge in [0, 0.05) is 23.4 Å². The summed E-state index contributed by atoms with van der Waals surface area (Å²) < 4.78 is 0. The van der Waals surface area contributed by atoms with Gasteiger partial charge >= 0.3 is 0 Å². The summed E-state index contributed by atoms with van der Waals surface area (Å²) >= 11 is 1.71. The van der Waals surface area contributed by atoms with Crippen LogP contribution < -0.4 is 11.5 Å². The van der Waals surface area contributed by atoms with Gasteiger partial charge in [0.1, 0.15) is 5.82 Å². The molecular formula is C9H13N3S. The van der Waals surface area contributed by atoms with Crippen molar-refractivity contribution in [3.8, 4) is 0 Å². The molecule has 0 amide bonds. The van der Waals surface area contributed by atoms with Crippen LogP contribution in [-0.2, 0) is 0 Å². The zero-order valence-corrected chi connectivity index (χ0v) is 8.13. The number of anilines is 1. The number of hydrogen-bond acceptors (Lipinski definition) is 4. The second-order valence-corrected chi connectivity index (χ2v) is 3.53. The zero-order chi connectivity index (χ0) is 9.52. The molecule has 4 N–H and O–H groups in total. The lowest BCUT2D eigenvalue weighted by Crippen LogP contribution is -1.92. The molecule has 0 bridgehead atoms. The highest BCUT2D eigenvalue weighted by molar-refractivity contribution is 7.99. The molecule has 0 radical (unpaired) electrons. The van der Waals surface area contributed by atoms with E-state index in [4.69, 9.17) is 11.5 Å². The maximum Gasteiger partial charge on any atom is 0.123 e. The fraction of sp³-hybridized carbons (Fsp3) is 0.222. The van der Waals surface area contributed by atoms with Gasteiger partial charge in [0.15, 0.2) is 0 Å². The van der Waals surface area contributed by atoms with Crippen LogP contribution in [0.5, 0.6) is 0 Å². The summed E-state index contributed by atoms with van der Waals surface area (Å²) in [6.45, 7) is 0.598. The minimum atomic E-state index is 0.557. The average Bonchev–Trinajstić information content (AvgIpc) is 2.15. The van der Waals surface area contributed by atoms with E-state index in [-0.39, 0.29) is 0 Å². The Morgan fingerprint density at radius 3 is 2.85 bits per heavy atom. The fourth-order valence-electron chi connectivity index (χ4n) is 0.786. The Labute approximate surface area is 82.2 Å². The van der Waals surface area contributed by atoms with Crippen LogP contribution in [0.1, 0.15) is 0 Å². The van der Waals surface area contributed by atoms with Crippen molar-refractivity contribution in [3.63, 3.8) is 0 Å². The number of thioether (sulfide) groups is 1. The summed E-state index contributed by atoms with van der Waals surface area (Å²) in [5, 5.41) is 0. The first-order valence-corrected chi connectivity index (χ1v) is 5.01. The third kappa shape index (κ3) is 3.96. The lowest BCUT2D eigenvalue weighted by atomic mass is 10.5. The molecule has 0 saturated heterocycles. The van der Waals surface area contributed by atoms with Crippen LogP contribution in [0.2, 0.25) is 0 Å². The van der Waals surface area contributed by atoms with Gasteiger partial charge in [-0.25, -0.2) is 4.98 Å². The van der Waals surface area contributed by atoms with E-state index in [1.54, 1.807) is 24.0 Å². The fourth-order valence-corrected chi connectivity index (χ4v) is 1.50. The molecule has 13 heavy (non-hydrogen) atoms. The van der Waals surface area contributed by atoms with Crippen molar-refractivity contribution in [1.29, 1.82) is 0 Å². The lowest BCUT2D eigenvalue weighted by molar-refractivity contribution is 1.24. The molecule has 0 unspecified atom stereocenters. The predicted molar refractivity (Wildman–Crippen MR) is 57.6 cm³/mol. The van der Waals surface area contributed by atoms with E-state index >= 15 is 0 Å². The smallest absolute Gasteiger partial charge is 0.123 e. The van der Waals surface area contributed by atoms with Crippen molar-refractivity contribution in [2.24, 2.45) is 5.73 Å². The molecule has 0 atom stereocenters. The molecule has 0 aliphatic heterocycles. The molecule has 70 valence electrons.